The molecule has 1 aliphatic heterocycles. The van der Waals surface area contributed by atoms with Crippen LogP contribution in [0.15, 0.2) is 64.1 Å². The van der Waals surface area contributed by atoms with Crippen molar-refractivity contribution in [3.8, 4) is 34.0 Å². The molecule has 1 aliphatic rings. The number of hydrogen-bond donors (Lipinski definition) is 2. The maximum atomic E-state index is 15.0. The first-order valence-corrected chi connectivity index (χ1v) is 13.3. The number of nitrogen functional groups attached to an aromatic ring is 1. The Morgan fingerprint density at radius 1 is 1.16 bits per heavy atom. The van der Waals surface area contributed by atoms with Crippen LogP contribution in [0, 0.1) is 5.82 Å². The third-order valence-electron chi connectivity index (χ3n) is 6.44. The Balaban J connectivity index is 1.33. The van der Waals surface area contributed by atoms with E-state index in [2.05, 4.69) is 46.4 Å². The van der Waals surface area contributed by atoms with Crippen molar-refractivity contribution in [3.63, 3.8) is 0 Å². The van der Waals surface area contributed by atoms with Gasteiger partial charge in [0.05, 0.1) is 18.5 Å². The van der Waals surface area contributed by atoms with E-state index < -0.39 is 0 Å². The summed E-state index contributed by atoms with van der Waals surface area (Å²) in [5.74, 6) is 0.176. The van der Waals surface area contributed by atoms with E-state index in [0.29, 0.717) is 52.8 Å². The Kier molecular flexibility index (Phi) is 7.83. The molecule has 9 heteroatoms. The highest BCUT2D eigenvalue weighted by molar-refractivity contribution is 7.99. The number of hydrogen-bond acceptors (Lipinski definition) is 8. The average Bonchev–Trinajstić information content (AvgIpc) is 3.61. The summed E-state index contributed by atoms with van der Waals surface area (Å²) in [6.07, 6.45) is 3.72. The van der Waals surface area contributed by atoms with Crippen molar-refractivity contribution in [2.75, 3.05) is 18.9 Å². The van der Waals surface area contributed by atoms with E-state index in [4.69, 9.17) is 15.0 Å². The molecule has 0 radical (unpaired) electrons. The van der Waals surface area contributed by atoms with Crippen LogP contribution in [0.1, 0.15) is 32.3 Å². The van der Waals surface area contributed by atoms with Crippen LogP contribution in [0.4, 0.5) is 10.2 Å². The van der Waals surface area contributed by atoms with Crippen LogP contribution in [0.3, 0.4) is 0 Å². The predicted molar refractivity (Wildman–Crippen MR) is 144 cm³/mol. The third kappa shape index (κ3) is 6.01. The van der Waals surface area contributed by atoms with Gasteiger partial charge in [-0.15, -0.1) is 11.8 Å². The second-order valence-corrected chi connectivity index (χ2v) is 10.7. The number of nitrogens with one attached hydrogen (secondary N) is 1. The van der Waals surface area contributed by atoms with Crippen molar-refractivity contribution in [2.45, 2.75) is 49.4 Å². The Morgan fingerprint density at radius 2 is 2.00 bits per heavy atom. The van der Waals surface area contributed by atoms with Crippen molar-refractivity contribution >= 4 is 17.6 Å². The summed E-state index contributed by atoms with van der Waals surface area (Å²) in [4.78, 5) is 10.2. The van der Waals surface area contributed by atoms with Crippen LogP contribution in [0.2, 0.25) is 0 Å². The van der Waals surface area contributed by atoms with Crippen LogP contribution in [-0.4, -0.2) is 39.6 Å². The highest BCUT2D eigenvalue weighted by Crippen LogP contribution is 2.32. The number of aromatic nitrogens is 3. The van der Waals surface area contributed by atoms with Gasteiger partial charge >= 0.3 is 0 Å². The Labute approximate surface area is 220 Å². The molecule has 3 N–H and O–H groups in total. The molecule has 3 heterocycles. The minimum absolute atomic E-state index is 0.216. The smallest absolute Gasteiger partial charge is 0.189 e. The van der Waals surface area contributed by atoms with Gasteiger partial charge in [-0.2, -0.15) is 0 Å². The fourth-order valence-electron chi connectivity index (χ4n) is 4.09. The van der Waals surface area contributed by atoms with Gasteiger partial charge in [-0.25, -0.2) is 14.4 Å². The molecule has 7 nitrogen and oxygen atoms in total. The van der Waals surface area contributed by atoms with E-state index in [9.17, 15) is 4.39 Å². The second-order valence-electron chi connectivity index (χ2n) is 9.18. The highest BCUT2D eigenvalue weighted by atomic mass is 32.2. The molecule has 37 heavy (non-hydrogen) atoms. The van der Waals surface area contributed by atoms with Crippen LogP contribution in [0.5, 0.6) is 0 Å². The normalized spacial score (nSPS) is 16.2. The monoisotopic (exact) mass is 519 g/mol. The molecule has 1 saturated heterocycles. The quantitative estimate of drug-likeness (QED) is 0.262. The fraction of sp³-hybridized carbons (Fsp3) is 0.321. The molecule has 0 amide bonds. The topological polar surface area (TPSA) is 99.1 Å². The first-order chi connectivity index (χ1) is 18.0. The first-order valence-electron chi connectivity index (χ1n) is 12.5. The largest absolute Gasteiger partial charge is 0.382 e. The minimum atomic E-state index is -0.370. The van der Waals surface area contributed by atoms with Crippen molar-refractivity contribution in [1.29, 1.82) is 0 Å². The van der Waals surface area contributed by atoms with Crippen LogP contribution in [0.25, 0.3) is 34.0 Å². The molecule has 4 aromatic rings. The molecule has 2 aromatic heterocycles. The minimum Gasteiger partial charge on any atom is -0.382 e. The van der Waals surface area contributed by atoms with Gasteiger partial charge in [-0.05, 0) is 42.7 Å². The predicted octanol–water partition coefficient (Wildman–Crippen LogP) is 5.96. The summed E-state index contributed by atoms with van der Waals surface area (Å²) >= 11 is 1.84. The molecule has 2 atom stereocenters. The molecular weight excluding hydrogens is 489 g/mol. The van der Waals surface area contributed by atoms with E-state index in [1.807, 2.05) is 30.0 Å². The van der Waals surface area contributed by atoms with Gasteiger partial charge in [0, 0.05) is 46.5 Å². The first kappa shape index (κ1) is 25.4. The fourth-order valence-corrected chi connectivity index (χ4v) is 5.01. The molecule has 0 spiro atoms. The molecule has 0 saturated carbocycles. The number of thioether (sulfide) groups is 1. The maximum absolute atomic E-state index is 15.0. The summed E-state index contributed by atoms with van der Waals surface area (Å²) in [6, 6.07) is 15.3. The van der Waals surface area contributed by atoms with Crippen LogP contribution < -0.4 is 11.1 Å². The lowest BCUT2D eigenvalue weighted by Gasteiger charge is -2.11. The molecule has 5 rings (SSSR count). The van der Waals surface area contributed by atoms with Crippen molar-refractivity contribution in [1.82, 2.24) is 20.4 Å². The third-order valence-corrected chi connectivity index (χ3v) is 7.72. The lowest BCUT2D eigenvalue weighted by Crippen LogP contribution is -2.28. The zero-order valence-electron chi connectivity index (χ0n) is 20.9. The van der Waals surface area contributed by atoms with Gasteiger partial charge in [-0.3, -0.25) is 0 Å². The SMILES string of the molecule is CCC(C)Sc1ccc(-c2cnc(N)c(-c3cc(-c4ccc(CNC5CCOC5)cc4F)no3)n2)cc1. The number of benzene rings is 2. The maximum Gasteiger partial charge on any atom is 0.189 e. The molecule has 0 bridgehead atoms. The summed E-state index contributed by atoms with van der Waals surface area (Å²) in [6.45, 7) is 6.43. The van der Waals surface area contributed by atoms with Crippen molar-refractivity contribution in [3.05, 3.63) is 66.1 Å². The van der Waals surface area contributed by atoms with Gasteiger partial charge in [0.25, 0.3) is 0 Å². The number of ether oxygens (including phenoxy) is 1. The Hall–Kier alpha value is -3.27. The molecule has 192 valence electrons. The van der Waals surface area contributed by atoms with Crippen molar-refractivity contribution in [2.24, 2.45) is 0 Å². The van der Waals surface area contributed by atoms with E-state index in [0.717, 1.165) is 30.6 Å². The van der Waals surface area contributed by atoms with E-state index >= 15 is 0 Å². The lowest BCUT2D eigenvalue weighted by molar-refractivity contribution is 0.190. The standard InChI is InChI=1S/C28H30FN5O2S/c1-3-17(2)37-21-7-5-19(6-8-21)25-15-32-28(30)27(33-25)26-13-24(34-36-26)22-9-4-18(12-23(22)29)14-31-20-10-11-35-16-20/h4-9,12-13,15,17,20,31H,3,10-11,14,16H2,1-2H3,(H2,30,32). The zero-order chi connectivity index (χ0) is 25.8. The molecule has 2 unspecified atom stereocenters. The molecular formula is C28H30FN5O2S. The average molecular weight is 520 g/mol. The summed E-state index contributed by atoms with van der Waals surface area (Å²) in [7, 11) is 0. The van der Waals surface area contributed by atoms with Gasteiger partial charge in [0.2, 0.25) is 0 Å². The van der Waals surface area contributed by atoms with E-state index in [1.54, 1.807) is 18.3 Å². The Morgan fingerprint density at radius 3 is 2.73 bits per heavy atom. The summed E-state index contributed by atoms with van der Waals surface area (Å²) in [5, 5.41) is 8.03. The summed E-state index contributed by atoms with van der Waals surface area (Å²) < 4.78 is 25.9. The van der Waals surface area contributed by atoms with Gasteiger partial charge in [0.1, 0.15) is 11.5 Å². The van der Waals surface area contributed by atoms with Gasteiger partial charge in [-0.1, -0.05) is 37.2 Å². The summed E-state index contributed by atoms with van der Waals surface area (Å²) in [5.41, 5.74) is 9.65. The van der Waals surface area contributed by atoms with Crippen molar-refractivity contribution < 1.29 is 13.7 Å². The Bertz CT molecular complexity index is 1360. The molecule has 0 aliphatic carbocycles. The van der Waals surface area contributed by atoms with Gasteiger partial charge in [0.15, 0.2) is 17.3 Å². The number of halogens is 1. The van der Waals surface area contributed by atoms with Crippen LogP contribution in [-0.2, 0) is 11.3 Å². The number of rotatable bonds is 9. The molecule has 1 fully saturated rings. The van der Waals surface area contributed by atoms with E-state index in [1.165, 1.54) is 11.0 Å². The number of nitrogens with zero attached hydrogens (tertiary/aromatic N) is 3. The van der Waals surface area contributed by atoms with Gasteiger partial charge < -0.3 is 20.3 Å². The zero-order valence-corrected chi connectivity index (χ0v) is 21.7. The lowest BCUT2D eigenvalue weighted by atomic mass is 10.1. The number of nitrogens with two attached hydrogens (primary N) is 1. The van der Waals surface area contributed by atoms with Crippen LogP contribution >= 0.6 is 11.8 Å². The van der Waals surface area contributed by atoms with E-state index in [-0.39, 0.29) is 11.6 Å². The highest BCUT2D eigenvalue weighted by Gasteiger charge is 2.18. The molecule has 2 aromatic carbocycles. The second kappa shape index (κ2) is 11.4. The number of anilines is 1.